The highest BCUT2D eigenvalue weighted by Crippen LogP contribution is 2.29. The van der Waals surface area contributed by atoms with Crippen molar-refractivity contribution in [2.24, 2.45) is 10.7 Å². The lowest BCUT2D eigenvalue weighted by atomic mass is 10.3. The smallest absolute Gasteiger partial charge is 0.401 e. The molecule has 15 heavy (non-hydrogen) atoms. The number of hydrogen-bond donors (Lipinski definition) is 1. The van der Waals surface area contributed by atoms with E-state index in [0.29, 0.717) is 0 Å². The van der Waals surface area contributed by atoms with Crippen molar-refractivity contribution >= 4 is 17.8 Å². The number of alkyl halides is 3. The van der Waals surface area contributed by atoms with E-state index in [-0.39, 0.29) is 28.4 Å². The Kier molecular flexibility index (Phi) is 5.18. The Hall–Kier alpha value is -1.20. The molecule has 4 nitrogen and oxygen atoms in total. The van der Waals surface area contributed by atoms with Crippen molar-refractivity contribution in [3.05, 3.63) is 10.6 Å². The van der Waals surface area contributed by atoms with Crippen LogP contribution in [0, 0.1) is 11.3 Å². The second-order valence-corrected chi connectivity index (χ2v) is 3.05. The van der Waals surface area contributed by atoms with Gasteiger partial charge in [0.15, 0.2) is 5.71 Å². The number of halogens is 3. The van der Waals surface area contributed by atoms with Gasteiger partial charge in [-0.15, -0.1) is 13.2 Å². The summed E-state index contributed by atoms with van der Waals surface area (Å²) in [4.78, 5) is 3.34. The first kappa shape index (κ1) is 13.8. The van der Waals surface area contributed by atoms with Gasteiger partial charge in [-0.25, -0.2) is 4.18 Å². The molecule has 0 heterocycles. The molecule has 0 bridgehead atoms. The molecule has 0 aliphatic carbocycles. The molecule has 0 aliphatic rings. The molecule has 0 aromatic rings. The summed E-state index contributed by atoms with van der Waals surface area (Å²) in [6, 6.07) is 1.61. The van der Waals surface area contributed by atoms with Gasteiger partial charge >= 0.3 is 6.36 Å². The number of hydrogen-bond acceptors (Lipinski definition) is 5. The van der Waals surface area contributed by atoms with Crippen molar-refractivity contribution in [3.63, 3.8) is 0 Å². The molecule has 84 valence electrons. The Labute approximate surface area is 88.8 Å². The summed E-state index contributed by atoms with van der Waals surface area (Å²) in [6.45, 7) is 1.35. The lowest BCUT2D eigenvalue weighted by Gasteiger charge is -2.08. The van der Waals surface area contributed by atoms with Crippen LogP contribution in [0.3, 0.4) is 0 Å². The summed E-state index contributed by atoms with van der Waals surface area (Å²) < 4.78 is 38.6. The van der Waals surface area contributed by atoms with Gasteiger partial charge in [0, 0.05) is 24.8 Å². The van der Waals surface area contributed by atoms with Crippen LogP contribution >= 0.6 is 12.0 Å². The average Bonchev–Trinajstić information content (AvgIpc) is 2.09. The fraction of sp³-hybridized carbons (Fsp3) is 0.429. The number of nitrogens with two attached hydrogens (primary N) is 1. The highest BCUT2D eigenvalue weighted by molar-refractivity contribution is 7.99. The highest BCUT2D eigenvalue weighted by atomic mass is 32.2. The van der Waals surface area contributed by atoms with Crippen LogP contribution in [0.5, 0.6) is 0 Å². The van der Waals surface area contributed by atoms with E-state index in [9.17, 15) is 13.2 Å². The Bertz CT molecular complexity index is 325. The zero-order valence-corrected chi connectivity index (χ0v) is 8.74. The molecule has 0 amide bonds. The SMILES string of the molecule is CN=C(C#N)/C(SOC(F)(F)F)=C(\C)N. The third-order valence-corrected chi connectivity index (χ3v) is 2.08. The van der Waals surface area contributed by atoms with E-state index in [4.69, 9.17) is 11.0 Å². The fourth-order valence-corrected chi connectivity index (χ4v) is 1.11. The fourth-order valence-electron chi connectivity index (χ4n) is 0.583. The molecule has 0 aliphatic heterocycles. The summed E-state index contributed by atoms with van der Waals surface area (Å²) in [6.07, 6.45) is -4.79. The molecule has 0 spiro atoms. The molecule has 0 radical (unpaired) electrons. The number of allylic oxidation sites excluding steroid dienone is 2. The highest BCUT2D eigenvalue weighted by Gasteiger charge is 2.31. The molecule has 0 unspecified atom stereocenters. The topological polar surface area (TPSA) is 71.4 Å². The van der Waals surface area contributed by atoms with Gasteiger partial charge in [0.05, 0.1) is 4.91 Å². The summed E-state index contributed by atoms with van der Waals surface area (Å²) in [5.41, 5.74) is 5.13. The quantitative estimate of drug-likeness (QED) is 0.603. The van der Waals surface area contributed by atoms with E-state index < -0.39 is 6.36 Å². The van der Waals surface area contributed by atoms with Gasteiger partial charge in [-0.2, -0.15) is 5.26 Å². The van der Waals surface area contributed by atoms with E-state index in [1.807, 2.05) is 0 Å². The van der Waals surface area contributed by atoms with Crippen LogP contribution in [0.1, 0.15) is 6.92 Å². The predicted octanol–water partition coefficient (Wildman–Crippen LogP) is 1.96. The number of nitriles is 1. The summed E-state index contributed by atoms with van der Waals surface area (Å²) >= 11 is -0.0298. The molecule has 0 atom stereocenters. The second-order valence-electron chi connectivity index (χ2n) is 2.31. The van der Waals surface area contributed by atoms with Crippen LogP contribution in [-0.4, -0.2) is 19.1 Å². The van der Waals surface area contributed by atoms with Gasteiger partial charge in [0.25, 0.3) is 0 Å². The van der Waals surface area contributed by atoms with Crippen LogP contribution in [0.2, 0.25) is 0 Å². The zero-order chi connectivity index (χ0) is 12.1. The lowest BCUT2D eigenvalue weighted by Crippen LogP contribution is -2.12. The van der Waals surface area contributed by atoms with Gasteiger partial charge in [-0.3, -0.25) is 4.99 Å². The van der Waals surface area contributed by atoms with E-state index in [1.165, 1.54) is 14.0 Å². The van der Waals surface area contributed by atoms with Crippen molar-refractivity contribution in [3.8, 4) is 6.07 Å². The minimum Gasteiger partial charge on any atom is -0.401 e. The maximum absolute atomic E-state index is 11.7. The first-order valence-electron chi connectivity index (χ1n) is 3.57. The number of rotatable bonds is 3. The van der Waals surface area contributed by atoms with Gasteiger partial charge in [0.2, 0.25) is 0 Å². The first-order chi connectivity index (χ1) is 6.81. The van der Waals surface area contributed by atoms with Gasteiger partial charge < -0.3 is 5.73 Å². The average molecular weight is 239 g/mol. The minimum absolute atomic E-state index is 0.0298. The Balaban J connectivity index is 4.77. The van der Waals surface area contributed by atoms with E-state index >= 15 is 0 Å². The van der Waals surface area contributed by atoms with Gasteiger partial charge in [-0.1, -0.05) is 0 Å². The van der Waals surface area contributed by atoms with Crippen LogP contribution in [0.25, 0.3) is 0 Å². The van der Waals surface area contributed by atoms with E-state index in [2.05, 4.69) is 9.18 Å². The Morgan fingerprint density at radius 3 is 2.33 bits per heavy atom. The predicted molar refractivity (Wildman–Crippen MR) is 50.6 cm³/mol. The molecule has 2 N–H and O–H groups in total. The van der Waals surface area contributed by atoms with Gasteiger partial charge in [-0.05, 0) is 6.92 Å². The summed E-state index contributed by atoms with van der Waals surface area (Å²) in [5, 5.41) is 8.55. The molecule has 0 saturated heterocycles. The number of aliphatic imine (C=N–C) groups is 1. The molecule has 0 aromatic carbocycles. The zero-order valence-electron chi connectivity index (χ0n) is 7.92. The van der Waals surface area contributed by atoms with Crippen molar-refractivity contribution in [2.45, 2.75) is 13.3 Å². The number of nitrogens with zero attached hydrogens (tertiary/aromatic N) is 2. The molecule has 0 saturated carbocycles. The maximum Gasteiger partial charge on any atom is 0.533 e. The third kappa shape index (κ3) is 5.29. The first-order valence-corrected chi connectivity index (χ1v) is 4.32. The molecule has 0 rings (SSSR count). The lowest BCUT2D eigenvalue weighted by molar-refractivity contribution is -0.266. The van der Waals surface area contributed by atoms with Gasteiger partial charge in [0.1, 0.15) is 6.07 Å². The van der Waals surface area contributed by atoms with Crippen LogP contribution in [0.4, 0.5) is 13.2 Å². The van der Waals surface area contributed by atoms with Crippen LogP contribution < -0.4 is 5.73 Å². The van der Waals surface area contributed by atoms with Crippen LogP contribution in [-0.2, 0) is 4.18 Å². The molecule has 0 aromatic heterocycles. The standard InChI is InChI=1S/C7H8F3N3OS/c1-4(12)6(5(3-11)13-2)15-14-7(8,9)10/h12H2,1-2H3/b6-4-,13-5?. The molecular formula is C7H8F3N3OS. The van der Waals surface area contributed by atoms with Crippen molar-refractivity contribution in [2.75, 3.05) is 7.05 Å². The Morgan fingerprint density at radius 1 is 1.53 bits per heavy atom. The molecular weight excluding hydrogens is 231 g/mol. The molecule has 0 fully saturated rings. The van der Waals surface area contributed by atoms with Crippen molar-refractivity contribution in [1.29, 1.82) is 5.26 Å². The van der Waals surface area contributed by atoms with Crippen molar-refractivity contribution in [1.82, 2.24) is 0 Å². The maximum atomic E-state index is 11.7. The Morgan fingerprint density at radius 2 is 2.07 bits per heavy atom. The third-order valence-electron chi connectivity index (χ3n) is 1.12. The summed E-state index contributed by atoms with van der Waals surface area (Å²) in [7, 11) is 1.27. The van der Waals surface area contributed by atoms with Crippen molar-refractivity contribution < 1.29 is 17.4 Å². The summed E-state index contributed by atoms with van der Waals surface area (Å²) in [5.74, 6) is 0. The molecule has 8 heteroatoms. The second kappa shape index (κ2) is 5.63. The largest absolute Gasteiger partial charge is 0.533 e. The van der Waals surface area contributed by atoms with E-state index in [0.717, 1.165) is 0 Å². The normalized spacial score (nSPS) is 14.5. The monoisotopic (exact) mass is 239 g/mol. The van der Waals surface area contributed by atoms with E-state index in [1.54, 1.807) is 6.07 Å². The van der Waals surface area contributed by atoms with Crippen LogP contribution in [0.15, 0.2) is 15.6 Å². The minimum atomic E-state index is -4.79.